The zero-order valence-corrected chi connectivity index (χ0v) is 11.3. The summed E-state index contributed by atoms with van der Waals surface area (Å²) in [5.41, 5.74) is 6.46. The van der Waals surface area contributed by atoms with Crippen molar-refractivity contribution in [3.05, 3.63) is 36.3 Å². The molecule has 0 saturated carbocycles. The van der Waals surface area contributed by atoms with Gasteiger partial charge in [-0.1, -0.05) is 6.07 Å². The molecule has 6 nitrogen and oxygen atoms in total. The second kappa shape index (κ2) is 5.27. The Balaban J connectivity index is 1.84. The van der Waals surface area contributed by atoms with Crippen LogP contribution in [0.3, 0.4) is 0 Å². The van der Waals surface area contributed by atoms with E-state index in [1.165, 1.54) is 0 Å². The first kappa shape index (κ1) is 13.4. The van der Waals surface area contributed by atoms with Crippen molar-refractivity contribution in [1.29, 1.82) is 0 Å². The molecule has 102 valence electrons. The van der Waals surface area contributed by atoms with Gasteiger partial charge in [0, 0.05) is 12.4 Å². The standard InChI is InChI=1S/C13H18N4O2/c1-13(2,3)19-12(18)16-14-8-10-9-17-7-5-4-6-11(17)15-10/h4-7,9,14H,8H2,1-3H3,(H,16,18). The van der Waals surface area contributed by atoms with E-state index in [0.717, 1.165) is 11.3 Å². The Morgan fingerprint density at radius 2 is 2.21 bits per heavy atom. The number of carbonyl (C=O) groups excluding carboxylic acids is 1. The number of hydrogen-bond donors (Lipinski definition) is 2. The van der Waals surface area contributed by atoms with Crippen molar-refractivity contribution in [2.75, 3.05) is 0 Å². The van der Waals surface area contributed by atoms with Crippen molar-refractivity contribution in [2.24, 2.45) is 0 Å². The highest BCUT2D eigenvalue weighted by Crippen LogP contribution is 2.06. The molecule has 19 heavy (non-hydrogen) atoms. The molecule has 2 heterocycles. The minimum atomic E-state index is -0.505. The lowest BCUT2D eigenvalue weighted by Crippen LogP contribution is -2.40. The number of amides is 1. The quantitative estimate of drug-likeness (QED) is 0.829. The normalized spacial score (nSPS) is 11.5. The minimum Gasteiger partial charge on any atom is -0.443 e. The van der Waals surface area contributed by atoms with E-state index in [4.69, 9.17) is 4.74 Å². The molecule has 0 spiro atoms. The van der Waals surface area contributed by atoms with Crippen molar-refractivity contribution in [1.82, 2.24) is 20.2 Å². The monoisotopic (exact) mass is 262 g/mol. The summed E-state index contributed by atoms with van der Waals surface area (Å²) in [5, 5.41) is 0. The summed E-state index contributed by atoms with van der Waals surface area (Å²) >= 11 is 0. The fourth-order valence-electron chi connectivity index (χ4n) is 1.58. The van der Waals surface area contributed by atoms with E-state index in [-0.39, 0.29) is 0 Å². The van der Waals surface area contributed by atoms with Crippen LogP contribution in [0, 0.1) is 0 Å². The topological polar surface area (TPSA) is 67.7 Å². The van der Waals surface area contributed by atoms with Crippen LogP contribution in [0.25, 0.3) is 5.65 Å². The van der Waals surface area contributed by atoms with Gasteiger partial charge in [0.15, 0.2) is 0 Å². The molecule has 2 aromatic rings. The van der Waals surface area contributed by atoms with Crippen molar-refractivity contribution in [3.63, 3.8) is 0 Å². The summed E-state index contributed by atoms with van der Waals surface area (Å²) in [6.07, 6.45) is 3.32. The Morgan fingerprint density at radius 1 is 1.42 bits per heavy atom. The first-order chi connectivity index (χ1) is 8.94. The van der Waals surface area contributed by atoms with Crippen molar-refractivity contribution >= 4 is 11.7 Å². The summed E-state index contributed by atoms with van der Waals surface area (Å²) in [6.45, 7) is 5.87. The number of imidazole rings is 1. The second-order valence-electron chi connectivity index (χ2n) is 5.18. The van der Waals surface area contributed by atoms with Gasteiger partial charge in [-0.2, -0.15) is 0 Å². The van der Waals surface area contributed by atoms with E-state index in [9.17, 15) is 4.79 Å². The summed E-state index contributed by atoms with van der Waals surface area (Å²) in [6, 6.07) is 5.79. The highest BCUT2D eigenvalue weighted by molar-refractivity contribution is 5.66. The maximum Gasteiger partial charge on any atom is 0.422 e. The average molecular weight is 262 g/mol. The number of carbonyl (C=O) groups is 1. The number of hydrogen-bond acceptors (Lipinski definition) is 4. The molecule has 0 aliphatic rings. The van der Waals surface area contributed by atoms with Gasteiger partial charge >= 0.3 is 6.09 Å². The summed E-state index contributed by atoms with van der Waals surface area (Å²) in [5.74, 6) is 0. The summed E-state index contributed by atoms with van der Waals surface area (Å²) in [4.78, 5) is 15.8. The van der Waals surface area contributed by atoms with Crippen LogP contribution in [-0.2, 0) is 11.3 Å². The van der Waals surface area contributed by atoms with Crippen LogP contribution in [-0.4, -0.2) is 21.1 Å². The van der Waals surface area contributed by atoms with Crippen LogP contribution < -0.4 is 10.9 Å². The third kappa shape index (κ3) is 3.96. The summed E-state index contributed by atoms with van der Waals surface area (Å²) in [7, 11) is 0. The zero-order valence-electron chi connectivity index (χ0n) is 11.3. The van der Waals surface area contributed by atoms with Gasteiger partial charge in [-0.15, -0.1) is 0 Å². The zero-order chi connectivity index (χ0) is 13.9. The van der Waals surface area contributed by atoms with E-state index in [2.05, 4.69) is 15.8 Å². The molecule has 2 rings (SSSR count). The molecule has 0 unspecified atom stereocenters. The molecule has 0 aliphatic heterocycles. The van der Waals surface area contributed by atoms with Crippen LogP contribution in [0.4, 0.5) is 4.79 Å². The number of aromatic nitrogens is 2. The van der Waals surface area contributed by atoms with Gasteiger partial charge in [-0.3, -0.25) is 5.43 Å². The van der Waals surface area contributed by atoms with Gasteiger partial charge in [0.05, 0.1) is 12.2 Å². The fourth-order valence-corrected chi connectivity index (χ4v) is 1.58. The fraction of sp³-hybridized carbons (Fsp3) is 0.385. The SMILES string of the molecule is CC(C)(C)OC(=O)NNCc1cn2ccccc2n1. The van der Waals surface area contributed by atoms with Gasteiger partial charge in [0.2, 0.25) is 0 Å². The van der Waals surface area contributed by atoms with Gasteiger partial charge in [-0.25, -0.2) is 15.2 Å². The van der Waals surface area contributed by atoms with Crippen molar-refractivity contribution in [2.45, 2.75) is 32.9 Å². The number of fused-ring (bicyclic) bond motifs is 1. The van der Waals surface area contributed by atoms with Crippen LogP contribution in [0.15, 0.2) is 30.6 Å². The van der Waals surface area contributed by atoms with Gasteiger partial charge in [0.25, 0.3) is 0 Å². The molecule has 0 aromatic carbocycles. The van der Waals surface area contributed by atoms with Gasteiger partial charge in [0.1, 0.15) is 11.2 Å². The van der Waals surface area contributed by atoms with E-state index in [1.54, 1.807) is 0 Å². The predicted octanol–water partition coefficient (Wildman–Crippen LogP) is 1.86. The molecule has 0 aliphatic carbocycles. The van der Waals surface area contributed by atoms with Crippen LogP contribution in [0.2, 0.25) is 0 Å². The number of nitrogens with zero attached hydrogens (tertiary/aromatic N) is 2. The van der Waals surface area contributed by atoms with Crippen molar-refractivity contribution < 1.29 is 9.53 Å². The van der Waals surface area contributed by atoms with E-state index < -0.39 is 11.7 Å². The summed E-state index contributed by atoms with van der Waals surface area (Å²) < 4.78 is 7.02. The Hall–Kier alpha value is -2.08. The third-order valence-electron chi connectivity index (χ3n) is 2.27. The molecule has 1 amide bonds. The Kier molecular flexibility index (Phi) is 3.71. The van der Waals surface area contributed by atoms with Crippen LogP contribution >= 0.6 is 0 Å². The Labute approximate surface area is 111 Å². The minimum absolute atomic E-state index is 0.431. The molecule has 2 aromatic heterocycles. The molecular weight excluding hydrogens is 244 g/mol. The number of rotatable bonds is 3. The first-order valence-electron chi connectivity index (χ1n) is 6.08. The van der Waals surface area contributed by atoms with Crippen LogP contribution in [0.1, 0.15) is 26.5 Å². The number of nitrogens with one attached hydrogen (secondary N) is 2. The Bertz CT molecular complexity index is 538. The van der Waals surface area contributed by atoms with Gasteiger partial charge < -0.3 is 9.14 Å². The van der Waals surface area contributed by atoms with Crippen LogP contribution in [0.5, 0.6) is 0 Å². The highest BCUT2D eigenvalue weighted by atomic mass is 16.6. The van der Waals surface area contributed by atoms with E-state index in [0.29, 0.717) is 6.54 Å². The largest absolute Gasteiger partial charge is 0.443 e. The molecule has 0 saturated heterocycles. The third-order valence-corrected chi connectivity index (χ3v) is 2.27. The molecule has 0 atom stereocenters. The molecule has 2 N–H and O–H groups in total. The number of ether oxygens (including phenoxy) is 1. The smallest absolute Gasteiger partial charge is 0.422 e. The second-order valence-corrected chi connectivity index (χ2v) is 5.18. The number of pyridine rings is 1. The Morgan fingerprint density at radius 3 is 2.89 bits per heavy atom. The highest BCUT2D eigenvalue weighted by Gasteiger charge is 2.15. The van der Waals surface area contributed by atoms with E-state index in [1.807, 2.05) is 55.8 Å². The molecule has 0 bridgehead atoms. The van der Waals surface area contributed by atoms with Crippen molar-refractivity contribution in [3.8, 4) is 0 Å². The molecule has 0 fully saturated rings. The average Bonchev–Trinajstić information content (AvgIpc) is 2.68. The number of hydrazine groups is 1. The first-order valence-corrected chi connectivity index (χ1v) is 6.08. The lowest BCUT2D eigenvalue weighted by Gasteiger charge is -2.19. The lowest BCUT2D eigenvalue weighted by atomic mass is 10.2. The lowest BCUT2D eigenvalue weighted by molar-refractivity contribution is 0.0497. The predicted molar refractivity (Wildman–Crippen MR) is 71.4 cm³/mol. The molecule has 6 heteroatoms. The van der Waals surface area contributed by atoms with Gasteiger partial charge in [-0.05, 0) is 32.9 Å². The molecule has 0 radical (unpaired) electrons. The van der Waals surface area contributed by atoms with E-state index >= 15 is 0 Å². The maximum atomic E-state index is 11.4. The maximum absolute atomic E-state index is 11.4. The molecular formula is C13H18N4O2.